The number of ether oxygens (including phenoxy) is 5. The molecule has 3 aromatic carbocycles. The minimum Gasteiger partial charge on any atom is -0.478 e. The number of fused-ring (bicyclic) bond motifs is 3. The minimum atomic E-state index is -1.54. The van der Waals surface area contributed by atoms with Gasteiger partial charge < -0.3 is 38.8 Å². The molecule has 6 rings (SSSR count). The molecule has 0 aromatic heterocycles. The summed E-state index contributed by atoms with van der Waals surface area (Å²) in [7, 11) is 0. The molecular weight excluding hydrogens is 454 g/mol. The first-order valence-corrected chi connectivity index (χ1v) is 11.0. The number of rotatable bonds is 6. The van der Waals surface area contributed by atoms with Crippen molar-refractivity contribution in [1.29, 1.82) is 0 Å². The molecule has 0 saturated heterocycles. The molecule has 0 aliphatic carbocycles. The number of carboxylic acid groups (broad SMARTS) is 1. The van der Waals surface area contributed by atoms with Crippen LogP contribution >= 0.6 is 0 Å². The average Bonchev–Trinajstić information content (AvgIpc) is 3.51. The van der Waals surface area contributed by atoms with Crippen molar-refractivity contribution in [2.24, 2.45) is 0 Å². The molecule has 0 fully saturated rings. The number of aliphatic carboxylic acids is 1. The van der Waals surface area contributed by atoms with Crippen LogP contribution in [0.1, 0.15) is 16.7 Å². The summed E-state index contributed by atoms with van der Waals surface area (Å²) in [5, 5.41) is 19.4. The van der Waals surface area contributed by atoms with Crippen molar-refractivity contribution >= 4 is 17.7 Å². The van der Waals surface area contributed by atoms with Crippen LogP contribution in [-0.4, -0.2) is 36.1 Å². The smallest absolute Gasteiger partial charge is 0.337 e. The third-order valence-corrected chi connectivity index (χ3v) is 6.05. The van der Waals surface area contributed by atoms with Crippen molar-refractivity contribution in [2.75, 3.05) is 18.5 Å². The predicted molar refractivity (Wildman–Crippen MR) is 124 cm³/mol. The highest BCUT2D eigenvalue weighted by Gasteiger charge is 2.26. The summed E-state index contributed by atoms with van der Waals surface area (Å²) in [6.45, 7) is 1.50. The summed E-state index contributed by atoms with van der Waals surface area (Å²) in [5.74, 6) is 2.02. The van der Waals surface area contributed by atoms with Gasteiger partial charge in [-0.25, -0.2) is 4.79 Å². The molecule has 0 bridgehead atoms. The van der Waals surface area contributed by atoms with Crippen molar-refractivity contribution in [3.63, 3.8) is 0 Å². The van der Waals surface area contributed by atoms with Crippen molar-refractivity contribution < 1.29 is 38.7 Å². The molecule has 2 N–H and O–H groups in total. The molecule has 1 unspecified atom stereocenters. The molecule has 0 spiro atoms. The lowest BCUT2D eigenvalue weighted by molar-refractivity contribution is -0.135. The van der Waals surface area contributed by atoms with Crippen LogP contribution < -0.4 is 28.6 Å². The number of anilines is 1. The van der Waals surface area contributed by atoms with Gasteiger partial charge in [-0.3, -0.25) is 0 Å². The number of aliphatic hydroxyl groups is 1. The van der Waals surface area contributed by atoms with E-state index in [0.29, 0.717) is 47.4 Å². The molecule has 3 aliphatic rings. The lowest BCUT2D eigenvalue weighted by Crippen LogP contribution is -2.27. The number of aliphatic hydroxyl groups excluding tert-OH is 1. The summed E-state index contributed by atoms with van der Waals surface area (Å²) in [6.07, 6.45) is -0.110. The zero-order valence-electron chi connectivity index (χ0n) is 18.5. The molecule has 35 heavy (non-hydrogen) atoms. The third kappa shape index (κ3) is 4.06. The van der Waals surface area contributed by atoms with Gasteiger partial charge in [-0.2, -0.15) is 0 Å². The van der Waals surface area contributed by atoms with Gasteiger partial charge in [0.1, 0.15) is 11.3 Å². The van der Waals surface area contributed by atoms with E-state index < -0.39 is 12.3 Å². The van der Waals surface area contributed by atoms with Gasteiger partial charge in [-0.1, -0.05) is 12.1 Å². The molecule has 3 aromatic rings. The highest BCUT2D eigenvalue weighted by molar-refractivity contribution is 5.94. The quantitative estimate of drug-likeness (QED) is 0.554. The van der Waals surface area contributed by atoms with E-state index in [2.05, 4.69) is 4.90 Å². The Hall–Kier alpha value is -4.37. The zero-order valence-corrected chi connectivity index (χ0v) is 18.5. The summed E-state index contributed by atoms with van der Waals surface area (Å²) < 4.78 is 27.5. The number of carbonyl (C=O) groups is 1. The van der Waals surface area contributed by atoms with Gasteiger partial charge >= 0.3 is 5.97 Å². The lowest BCUT2D eigenvalue weighted by atomic mass is 10.0. The Morgan fingerprint density at radius 1 is 0.800 bits per heavy atom. The predicted octanol–water partition coefficient (Wildman–Crippen LogP) is 3.53. The van der Waals surface area contributed by atoms with Crippen LogP contribution in [0.15, 0.2) is 60.2 Å². The number of carboxylic acids is 1. The number of benzene rings is 3. The van der Waals surface area contributed by atoms with Crippen molar-refractivity contribution in [1.82, 2.24) is 0 Å². The fourth-order valence-electron chi connectivity index (χ4n) is 4.29. The largest absolute Gasteiger partial charge is 0.478 e. The first kappa shape index (κ1) is 21.2. The number of hydrogen-bond acceptors (Lipinski definition) is 8. The number of hydrogen-bond donors (Lipinski definition) is 2. The van der Waals surface area contributed by atoms with Gasteiger partial charge in [0.25, 0.3) is 0 Å². The summed E-state index contributed by atoms with van der Waals surface area (Å²) in [4.78, 5) is 13.5. The molecule has 9 heteroatoms. The zero-order chi connectivity index (χ0) is 23.9. The Kier molecular flexibility index (Phi) is 5.11. The first-order chi connectivity index (χ1) is 17.0. The van der Waals surface area contributed by atoms with Crippen LogP contribution in [0.25, 0.3) is 6.08 Å². The third-order valence-electron chi connectivity index (χ3n) is 6.05. The van der Waals surface area contributed by atoms with Crippen molar-refractivity contribution in [3.8, 4) is 28.7 Å². The number of nitrogens with zero attached hydrogens (tertiary/aromatic N) is 1. The average molecular weight is 475 g/mol. The fraction of sp³-hybridized carbons (Fsp3) is 0.192. The summed E-state index contributed by atoms with van der Waals surface area (Å²) in [6, 6.07) is 17.1. The molecule has 0 radical (unpaired) electrons. The standard InChI is InChI=1S/C26H21NO8/c28-25(29)19-9-17-3-4-18(10-22(17)35-26(19)30)27(11-15-1-5-20-23(7-15)33-13-31-20)12-16-2-6-21-24(8-16)34-14-32-21/h1-10,26,30H,11-14H2,(H,28,29). The molecule has 9 nitrogen and oxygen atoms in total. The highest BCUT2D eigenvalue weighted by Crippen LogP contribution is 2.37. The summed E-state index contributed by atoms with van der Waals surface area (Å²) in [5.41, 5.74) is 3.24. The Balaban J connectivity index is 1.34. The van der Waals surface area contributed by atoms with Crippen LogP contribution in [-0.2, 0) is 17.9 Å². The van der Waals surface area contributed by atoms with Gasteiger partial charge in [0.15, 0.2) is 23.0 Å². The molecule has 1 atom stereocenters. The Morgan fingerprint density at radius 2 is 1.40 bits per heavy atom. The van der Waals surface area contributed by atoms with Crippen LogP contribution in [0.4, 0.5) is 5.69 Å². The SMILES string of the molecule is O=C(O)C1=Cc2ccc(N(Cc3ccc4c(c3)OCO4)Cc3ccc4c(c3)OCO4)cc2OC1O. The Bertz CT molecular complexity index is 1290. The van der Waals surface area contributed by atoms with Gasteiger partial charge in [-0.05, 0) is 53.6 Å². The van der Waals surface area contributed by atoms with Gasteiger partial charge in [-0.15, -0.1) is 0 Å². The fourth-order valence-corrected chi connectivity index (χ4v) is 4.29. The van der Waals surface area contributed by atoms with Crippen LogP contribution in [0, 0.1) is 0 Å². The van der Waals surface area contributed by atoms with E-state index in [4.69, 9.17) is 23.7 Å². The van der Waals surface area contributed by atoms with Crippen molar-refractivity contribution in [2.45, 2.75) is 19.4 Å². The van der Waals surface area contributed by atoms with E-state index in [-0.39, 0.29) is 19.2 Å². The van der Waals surface area contributed by atoms with Crippen LogP contribution in [0.2, 0.25) is 0 Å². The van der Waals surface area contributed by atoms with E-state index in [0.717, 1.165) is 16.8 Å². The Morgan fingerprint density at radius 3 is 2.00 bits per heavy atom. The normalized spacial score (nSPS) is 16.8. The molecule has 3 aliphatic heterocycles. The van der Waals surface area contributed by atoms with Crippen molar-refractivity contribution in [3.05, 3.63) is 76.9 Å². The molecule has 3 heterocycles. The molecule has 0 saturated carbocycles. The first-order valence-electron chi connectivity index (χ1n) is 11.0. The maximum absolute atomic E-state index is 11.4. The summed E-state index contributed by atoms with van der Waals surface area (Å²) >= 11 is 0. The second-order valence-corrected chi connectivity index (χ2v) is 8.33. The van der Waals surface area contributed by atoms with E-state index in [9.17, 15) is 15.0 Å². The lowest BCUT2D eigenvalue weighted by Gasteiger charge is -2.28. The molecule has 0 amide bonds. The van der Waals surface area contributed by atoms with E-state index >= 15 is 0 Å². The maximum atomic E-state index is 11.4. The second-order valence-electron chi connectivity index (χ2n) is 8.33. The minimum absolute atomic E-state index is 0.204. The molecule has 178 valence electrons. The van der Waals surface area contributed by atoms with E-state index in [1.807, 2.05) is 42.5 Å². The monoisotopic (exact) mass is 475 g/mol. The van der Waals surface area contributed by atoms with Gasteiger partial charge in [0.2, 0.25) is 19.9 Å². The highest BCUT2D eigenvalue weighted by atomic mass is 16.7. The van der Waals surface area contributed by atoms with E-state index in [1.54, 1.807) is 12.1 Å². The van der Waals surface area contributed by atoms with Crippen LogP contribution in [0.5, 0.6) is 28.7 Å². The van der Waals surface area contributed by atoms with E-state index in [1.165, 1.54) is 6.08 Å². The van der Waals surface area contributed by atoms with Crippen LogP contribution in [0.3, 0.4) is 0 Å². The topological polar surface area (TPSA) is 107 Å². The Labute approximate surface area is 200 Å². The van der Waals surface area contributed by atoms with Gasteiger partial charge in [0, 0.05) is 30.4 Å². The second kappa shape index (κ2) is 8.44. The maximum Gasteiger partial charge on any atom is 0.337 e. The van der Waals surface area contributed by atoms with Gasteiger partial charge in [0.05, 0.1) is 0 Å². The molecular formula is C26H21NO8.